The maximum Gasteiger partial charge on any atom is 0.160 e. The van der Waals surface area contributed by atoms with Gasteiger partial charge in [0.15, 0.2) is 6.29 Å². The monoisotopic (exact) mass is 607 g/mol. The smallest absolute Gasteiger partial charge is 0.160 e. The van der Waals surface area contributed by atoms with Gasteiger partial charge in [-0.3, -0.25) is 4.79 Å². The molecule has 0 aromatic heterocycles. The lowest BCUT2D eigenvalue weighted by Gasteiger charge is -2.43. The fourth-order valence-electron chi connectivity index (χ4n) is 7.30. The molecule has 1 aliphatic rings. The van der Waals surface area contributed by atoms with E-state index in [0.29, 0.717) is 43.0 Å². The molecule has 43 heavy (non-hydrogen) atoms. The van der Waals surface area contributed by atoms with Gasteiger partial charge in [-0.05, 0) is 42.9 Å². The van der Waals surface area contributed by atoms with E-state index in [1.165, 1.54) is 128 Å². The zero-order valence-electron chi connectivity index (χ0n) is 30.4. The van der Waals surface area contributed by atoms with Crippen LogP contribution in [0.1, 0.15) is 203 Å². The second-order valence-electron chi connectivity index (χ2n) is 15.2. The third-order valence-electron chi connectivity index (χ3n) is 10.6. The van der Waals surface area contributed by atoms with Crippen molar-refractivity contribution in [2.75, 3.05) is 6.61 Å². The lowest BCUT2D eigenvalue weighted by molar-refractivity contribution is -0.247. The van der Waals surface area contributed by atoms with Crippen molar-refractivity contribution in [2.45, 2.75) is 215 Å². The number of ketones is 1. The van der Waals surface area contributed by atoms with E-state index >= 15 is 0 Å². The van der Waals surface area contributed by atoms with E-state index in [9.17, 15) is 4.79 Å². The molecule has 0 radical (unpaired) electrons. The first-order valence-electron chi connectivity index (χ1n) is 19.5. The molecule has 6 atom stereocenters. The van der Waals surface area contributed by atoms with Crippen LogP contribution < -0.4 is 0 Å². The average Bonchev–Trinajstić information content (AvgIpc) is 2.97. The highest BCUT2D eigenvalue weighted by Crippen LogP contribution is 2.36. The van der Waals surface area contributed by atoms with Gasteiger partial charge < -0.3 is 9.47 Å². The van der Waals surface area contributed by atoms with Crippen molar-refractivity contribution in [1.82, 2.24) is 0 Å². The van der Waals surface area contributed by atoms with E-state index in [1.54, 1.807) is 0 Å². The molecule has 0 bridgehead atoms. The summed E-state index contributed by atoms with van der Waals surface area (Å²) in [4.78, 5) is 12.3. The molecule has 1 fully saturated rings. The van der Waals surface area contributed by atoms with Crippen LogP contribution in [0.4, 0.5) is 0 Å². The van der Waals surface area contributed by atoms with Crippen molar-refractivity contribution in [1.29, 1.82) is 0 Å². The average molecular weight is 607 g/mol. The Labute approximate surface area is 270 Å². The molecular weight excluding hydrogens is 528 g/mol. The first-order chi connectivity index (χ1) is 20.8. The zero-order valence-corrected chi connectivity index (χ0v) is 30.4. The number of hydrogen-bond acceptors (Lipinski definition) is 3. The fourth-order valence-corrected chi connectivity index (χ4v) is 7.30. The topological polar surface area (TPSA) is 35.5 Å². The van der Waals surface area contributed by atoms with Crippen LogP contribution in [0.25, 0.3) is 0 Å². The minimum Gasteiger partial charge on any atom is -0.352 e. The largest absolute Gasteiger partial charge is 0.352 e. The maximum atomic E-state index is 12.3. The summed E-state index contributed by atoms with van der Waals surface area (Å²) in [7, 11) is 0. The Balaban J connectivity index is 1.79. The number of Topliss-reactive ketones (excluding diaryl/α,β-unsaturated/α-hetero) is 1. The van der Waals surface area contributed by atoms with Crippen LogP contribution in [-0.2, 0) is 14.3 Å². The number of carbonyl (C=O) groups excluding carboxylic acids is 1. The maximum absolute atomic E-state index is 12.3. The van der Waals surface area contributed by atoms with Gasteiger partial charge in [0.2, 0.25) is 0 Å². The van der Waals surface area contributed by atoms with Crippen LogP contribution in [0.2, 0.25) is 0 Å². The quantitative estimate of drug-likeness (QED) is 0.0794. The highest BCUT2D eigenvalue weighted by Gasteiger charge is 2.38. The molecule has 0 N–H and O–H groups in total. The van der Waals surface area contributed by atoms with Crippen molar-refractivity contribution in [3.63, 3.8) is 0 Å². The second-order valence-corrected chi connectivity index (χ2v) is 15.2. The SMILES string of the molecule is CCC1O[C@H](OCCC(=O)CCCCCCCCCCCCCCCCCCCCC[C@H](C)CC(C)C)C(C)[C@@H](C)[C@@H]1C. The molecule has 0 aliphatic carbocycles. The lowest BCUT2D eigenvalue weighted by atomic mass is 9.78. The molecule has 1 saturated heterocycles. The second kappa shape index (κ2) is 26.8. The molecule has 0 aromatic rings. The molecule has 0 aromatic carbocycles. The Morgan fingerprint density at radius 3 is 1.49 bits per heavy atom. The Morgan fingerprint density at radius 2 is 1.05 bits per heavy atom. The number of unbranched alkanes of at least 4 members (excludes halogenated alkanes) is 18. The van der Waals surface area contributed by atoms with E-state index in [-0.39, 0.29) is 12.4 Å². The summed E-state index contributed by atoms with van der Waals surface area (Å²) < 4.78 is 12.2. The molecule has 0 saturated carbocycles. The molecule has 2 unspecified atom stereocenters. The minimum absolute atomic E-state index is 0.156. The summed E-state index contributed by atoms with van der Waals surface area (Å²) in [6, 6.07) is 0. The zero-order chi connectivity index (χ0) is 31.7. The van der Waals surface area contributed by atoms with Crippen LogP contribution in [0.5, 0.6) is 0 Å². The first-order valence-corrected chi connectivity index (χ1v) is 19.5. The van der Waals surface area contributed by atoms with Gasteiger partial charge >= 0.3 is 0 Å². The summed E-state index contributed by atoms with van der Waals surface area (Å²) in [6.45, 7) is 16.6. The molecule has 1 heterocycles. The van der Waals surface area contributed by atoms with Crippen molar-refractivity contribution in [2.24, 2.45) is 29.6 Å². The van der Waals surface area contributed by atoms with E-state index in [4.69, 9.17) is 9.47 Å². The van der Waals surface area contributed by atoms with Crippen molar-refractivity contribution in [3.05, 3.63) is 0 Å². The number of hydrogen-bond donors (Lipinski definition) is 0. The molecule has 3 heteroatoms. The van der Waals surface area contributed by atoms with Crippen LogP contribution in [0.15, 0.2) is 0 Å². The van der Waals surface area contributed by atoms with Crippen LogP contribution >= 0.6 is 0 Å². The summed E-state index contributed by atoms with van der Waals surface area (Å²) in [5, 5.41) is 0. The number of ether oxygens (including phenoxy) is 2. The highest BCUT2D eigenvalue weighted by molar-refractivity contribution is 5.78. The Hall–Kier alpha value is -0.410. The van der Waals surface area contributed by atoms with E-state index < -0.39 is 0 Å². The lowest BCUT2D eigenvalue weighted by Crippen LogP contribution is -2.45. The van der Waals surface area contributed by atoms with Crippen LogP contribution in [-0.4, -0.2) is 24.8 Å². The molecule has 256 valence electrons. The molecule has 1 rings (SSSR count). The third kappa shape index (κ3) is 21.1. The van der Waals surface area contributed by atoms with Gasteiger partial charge in [-0.15, -0.1) is 0 Å². The molecule has 3 nitrogen and oxygen atoms in total. The van der Waals surface area contributed by atoms with Gasteiger partial charge in [0.25, 0.3) is 0 Å². The predicted molar refractivity (Wildman–Crippen MR) is 188 cm³/mol. The van der Waals surface area contributed by atoms with Gasteiger partial charge in [0.05, 0.1) is 12.7 Å². The molecule has 0 amide bonds. The van der Waals surface area contributed by atoms with E-state index in [1.807, 2.05) is 0 Å². The molecular formula is C40H78O3. The molecule has 0 spiro atoms. The Morgan fingerprint density at radius 1 is 0.605 bits per heavy atom. The van der Waals surface area contributed by atoms with Crippen molar-refractivity contribution < 1.29 is 14.3 Å². The standard InChI is InChI=1S/C40H78O3/c1-8-39-36(6)35(5)37(7)40(43-39)42-31-30-38(41)29-27-25-23-21-19-17-15-13-11-9-10-12-14-16-18-20-22-24-26-28-34(4)32-33(2)3/h33-37,39-40H,8-32H2,1-7H3/t34-,35-,36-,37?,39?,40-/m0/s1. The van der Waals surface area contributed by atoms with Crippen LogP contribution in [0, 0.1) is 29.6 Å². The Bertz CT molecular complexity index is 629. The summed E-state index contributed by atoms with van der Waals surface area (Å²) in [5.41, 5.74) is 0. The van der Waals surface area contributed by atoms with Crippen molar-refractivity contribution >= 4 is 5.78 Å². The highest BCUT2D eigenvalue weighted by atomic mass is 16.7. The normalized spacial score (nSPS) is 23.2. The molecule has 1 aliphatic heterocycles. The van der Waals surface area contributed by atoms with Crippen molar-refractivity contribution in [3.8, 4) is 0 Å². The summed E-state index contributed by atoms with van der Waals surface area (Å²) in [6.07, 6.45) is 31.6. The van der Waals surface area contributed by atoms with Gasteiger partial charge in [-0.25, -0.2) is 0 Å². The summed E-state index contributed by atoms with van der Waals surface area (Å²) >= 11 is 0. The summed E-state index contributed by atoms with van der Waals surface area (Å²) in [5.74, 6) is 3.66. The van der Waals surface area contributed by atoms with Gasteiger partial charge in [-0.2, -0.15) is 0 Å². The van der Waals surface area contributed by atoms with Gasteiger partial charge in [0.1, 0.15) is 5.78 Å². The van der Waals surface area contributed by atoms with Crippen LogP contribution in [0.3, 0.4) is 0 Å². The predicted octanol–water partition coefficient (Wildman–Crippen LogP) is 12.9. The third-order valence-corrected chi connectivity index (χ3v) is 10.6. The minimum atomic E-state index is -0.156. The number of rotatable bonds is 29. The van der Waals surface area contributed by atoms with Gasteiger partial charge in [0, 0.05) is 18.8 Å². The van der Waals surface area contributed by atoms with E-state index in [0.717, 1.165) is 24.7 Å². The van der Waals surface area contributed by atoms with Gasteiger partial charge in [-0.1, -0.05) is 170 Å². The van der Waals surface area contributed by atoms with E-state index in [2.05, 4.69) is 48.5 Å². The fraction of sp³-hybridized carbons (Fsp3) is 0.975. The number of carbonyl (C=O) groups is 1. The Kier molecular flexibility index (Phi) is 25.3. The first kappa shape index (κ1) is 40.6.